The van der Waals surface area contributed by atoms with E-state index in [1.165, 1.54) is 0 Å². The van der Waals surface area contributed by atoms with Gasteiger partial charge in [0, 0.05) is 12.1 Å². The van der Waals surface area contributed by atoms with E-state index in [1.807, 2.05) is 26.0 Å². The van der Waals surface area contributed by atoms with Crippen molar-refractivity contribution in [2.24, 2.45) is 10.7 Å². The number of nitrogens with two attached hydrogens (primary N) is 1. The third-order valence-corrected chi connectivity index (χ3v) is 2.29. The summed E-state index contributed by atoms with van der Waals surface area (Å²) in [4.78, 5) is 4.24. The molecule has 0 saturated carbocycles. The van der Waals surface area contributed by atoms with E-state index in [1.54, 1.807) is 0 Å². The predicted octanol–water partition coefficient (Wildman–Crippen LogP) is 2.12. The molecule has 1 aromatic rings. The Morgan fingerprint density at radius 1 is 1.33 bits per heavy atom. The van der Waals surface area contributed by atoms with Gasteiger partial charge in [-0.25, -0.2) is 0 Å². The van der Waals surface area contributed by atoms with Gasteiger partial charge in [0.25, 0.3) is 0 Å². The summed E-state index contributed by atoms with van der Waals surface area (Å²) in [5.74, 6) is 0.880. The molecule has 0 fully saturated rings. The van der Waals surface area contributed by atoms with Gasteiger partial charge in [0.05, 0.1) is 0 Å². The molecule has 1 rings (SSSR count). The van der Waals surface area contributed by atoms with Gasteiger partial charge in [-0.05, 0) is 43.5 Å². The topological polar surface area (TPSA) is 58.6 Å². The molecule has 0 radical (unpaired) electrons. The van der Waals surface area contributed by atoms with Gasteiger partial charge < -0.3 is 10.8 Å². The molecule has 0 spiro atoms. The molecule has 82 valence electrons. The highest BCUT2D eigenvalue weighted by Crippen LogP contribution is 2.22. The molecule has 3 N–H and O–H groups in total. The van der Waals surface area contributed by atoms with Crippen molar-refractivity contribution < 1.29 is 5.11 Å². The highest BCUT2D eigenvalue weighted by atomic mass is 16.3. The highest BCUT2D eigenvalue weighted by molar-refractivity contribution is 5.98. The van der Waals surface area contributed by atoms with Crippen molar-refractivity contribution in [1.82, 2.24) is 0 Å². The fourth-order valence-corrected chi connectivity index (χ4v) is 1.43. The lowest BCUT2D eigenvalue weighted by Crippen LogP contribution is -2.14. The number of aromatic hydroxyl groups is 1. The van der Waals surface area contributed by atoms with Crippen LogP contribution in [0.2, 0.25) is 0 Å². The van der Waals surface area contributed by atoms with Crippen molar-refractivity contribution in [3.05, 3.63) is 28.8 Å². The lowest BCUT2D eigenvalue weighted by Gasteiger charge is -2.07. The van der Waals surface area contributed by atoms with Crippen LogP contribution in [0.25, 0.3) is 0 Å². The largest absolute Gasteiger partial charge is 0.507 e. The van der Waals surface area contributed by atoms with Crippen LogP contribution in [0.1, 0.15) is 30.0 Å². The molecule has 0 unspecified atom stereocenters. The Hall–Kier alpha value is -1.51. The maximum Gasteiger partial charge on any atom is 0.125 e. The van der Waals surface area contributed by atoms with E-state index in [2.05, 4.69) is 11.9 Å². The minimum Gasteiger partial charge on any atom is -0.507 e. The number of aryl methyl sites for hydroxylation is 2. The monoisotopic (exact) mass is 206 g/mol. The first kappa shape index (κ1) is 11.6. The second kappa shape index (κ2) is 4.82. The van der Waals surface area contributed by atoms with Gasteiger partial charge in [0.1, 0.15) is 11.6 Å². The van der Waals surface area contributed by atoms with Crippen LogP contribution in [0.5, 0.6) is 5.75 Å². The third-order valence-electron chi connectivity index (χ3n) is 2.29. The molecular weight excluding hydrogens is 188 g/mol. The Kier molecular flexibility index (Phi) is 3.72. The van der Waals surface area contributed by atoms with Crippen molar-refractivity contribution in [1.29, 1.82) is 0 Å². The lowest BCUT2D eigenvalue weighted by atomic mass is 10.1. The van der Waals surface area contributed by atoms with Crippen LogP contribution in [0.4, 0.5) is 0 Å². The molecule has 0 aliphatic rings. The predicted molar refractivity (Wildman–Crippen MR) is 63.5 cm³/mol. The molecule has 0 bridgehead atoms. The van der Waals surface area contributed by atoms with E-state index in [9.17, 15) is 5.11 Å². The van der Waals surface area contributed by atoms with Gasteiger partial charge in [-0.3, -0.25) is 4.99 Å². The fourth-order valence-electron chi connectivity index (χ4n) is 1.43. The molecule has 0 heterocycles. The highest BCUT2D eigenvalue weighted by Gasteiger charge is 2.05. The van der Waals surface area contributed by atoms with E-state index in [0.29, 0.717) is 11.6 Å². The minimum absolute atomic E-state index is 0.335. The third kappa shape index (κ3) is 2.72. The molecular formula is C12H18N2O. The van der Waals surface area contributed by atoms with Crippen molar-refractivity contribution in [2.45, 2.75) is 27.2 Å². The summed E-state index contributed by atoms with van der Waals surface area (Å²) in [6, 6.07) is 3.72. The molecule has 0 atom stereocenters. The smallest absolute Gasteiger partial charge is 0.125 e. The lowest BCUT2D eigenvalue weighted by molar-refractivity contribution is 0.467. The zero-order chi connectivity index (χ0) is 11.4. The molecule has 15 heavy (non-hydrogen) atoms. The van der Waals surface area contributed by atoms with Gasteiger partial charge in [0.15, 0.2) is 0 Å². The zero-order valence-electron chi connectivity index (χ0n) is 9.54. The Morgan fingerprint density at radius 2 is 1.87 bits per heavy atom. The van der Waals surface area contributed by atoms with Crippen molar-refractivity contribution >= 4 is 5.84 Å². The number of phenolic OH excluding ortho intramolecular Hbond substituents is 1. The number of benzene rings is 1. The second-order valence-corrected chi connectivity index (χ2v) is 3.73. The molecule has 0 aliphatic carbocycles. The summed E-state index contributed by atoms with van der Waals surface area (Å²) in [6.45, 7) is 6.52. The number of rotatable bonds is 3. The van der Waals surface area contributed by atoms with Crippen LogP contribution in [0, 0.1) is 13.8 Å². The summed E-state index contributed by atoms with van der Waals surface area (Å²) >= 11 is 0. The van der Waals surface area contributed by atoms with Crippen LogP contribution >= 0.6 is 0 Å². The van der Waals surface area contributed by atoms with Crippen LogP contribution in [0.3, 0.4) is 0 Å². The minimum atomic E-state index is 0.335. The number of hydrogen-bond donors (Lipinski definition) is 2. The van der Waals surface area contributed by atoms with Crippen molar-refractivity contribution in [3.63, 3.8) is 0 Å². The van der Waals surface area contributed by atoms with Crippen LogP contribution < -0.4 is 5.73 Å². The summed E-state index contributed by atoms with van der Waals surface area (Å²) in [6.07, 6.45) is 0.983. The summed E-state index contributed by atoms with van der Waals surface area (Å²) in [5.41, 5.74) is 8.39. The maximum atomic E-state index is 9.61. The summed E-state index contributed by atoms with van der Waals surface area (Å²) in [5, 5.41) is 9.61. The molecule has 0 amide bonds. The number of phenols is 1. The van der Waals surface area contributed by atoms with Gasteiger partial charge >= 0.3 is 0 Å². The molecule has 1 aromatic carbocycles. The normalized spacial score (nSPS) is 11.8. The van der Waals surface area contributed by atoms with Crippen LogP contribution in [-0.2, 0) is 0 Å². The first-order valence-corrected chi connectivity index (χ1v) is 5.16. The number of aliphatic imine (C=N–C) groups is 1. The van der Waals surface area contributed by atoms with Crippen molar-refractivity contribution in [3.8, 4) is 5.75 Å². The zero-order valence-corrected chi connectivity index (χ0v) is 9.54. The van der Waals surface area contributed by atoms with E-state index < -0.39 is 0 Å². The molecule has 0 saturated heterocycles. The first-order valence-electron chi connectivity index (χ1n) is 5.16. The molecule has 3 heteroatoms. The Balaban J connectivity index is 3.06. The average molecular weight is 206 g/mol. The first-order chi connectivity index (χ1) is 7.06. The van der Waals surface area contributed by atoms with E-state index >= 15 is 0 Å². The van der Waals surface area contributed by atoms with Gasteiger partial charge in [-0.1, -0.05) is 6.92 Å². The van der Waals surface area contributed by atoms with Gasteiger partial charge in [-0.2, -0.15) is 0 Å². The SMILES string of the molecule is CCCN=C(N)c1cc(C)c(O)c(C)c1. The average Bonchev–Trinajstić information content (AvgIpc) is 2.21. The maximum absolute atomic E-state index is 9.61. The summed E-state index contributed by atoms with van der Waals surface area (Å²) in [7, 11) is 0. The van der Waals surface area contributed by atoms with Crippen molar-refractivity contribution in [2.75, 3.05) is 6.54 Å². The Morgan fingerprint density at radius 3 is 2.33 bits per heavy atom. The van der Waals surface area contributed by atoms with Gasteiger partial charge in [-0.15, -0.1) is 0 Å². The number of amidine groups is 1. The summed E-state index contributed by atoms with van der Waals surface area (Å²) < 4.78 is 0. The van der Waals surface area contributed by atoms with E-state index in [-0.39, 0.29) is 0 Å². The Labute approximate surface area is 90.7 Å². The molecule has 0 aliphatic heterocycles. The fraction of sp³-hybridized carbons (Fsp3) is 0.417. The quantitative estimate of drug-likeness (QED) is 0.588. The number of nitrogens with zero attached hydrogens (tertiary/aromatic N) is 1. The molecule has 3 nitrogen and oxygen atoms in total. The van der Waals surface area contributed by atoms with Crippen LogP contribution in [0.15, 0.2) is 17.1 Å². The Bertz CT molecular complexity index is 360. The standard InChI is InChI=1S/C12H18N2O/c1-4-5-14-12(13)10-6-8(2)11(15)9(3)7-10/h6-7,15H,4-5H2,1-3H3,(H2,13,14). The second-order valence-electron chi connectivity index (χ2n) is 3.73. The van der Waals surface area contributed by atoms with E-state index in [4.69, 9.17) is 5.73 Å². The van der Waals surface area contributed by atoms with Gasteiger partial charge in [0.2, 0.25) is 0 Å². The number of hydrogen-bond acceptors (Lipinski definition) is 2. The van der Waals surface area contributed by atoms with E-state index in [0.717, 1.165) is 29.7 Å². The van der Waals surface area contributed by atoms with Crippen LogP contribution in [-0.4, -0.2) is 17.5 Å². The molecule has 0 aromatic heterocycles.